The van der Waals surface area contributed by atoms with Gasteiger partial charge in [0.05, 0.1) is 26.5 Å². The molecule has 0 aliphatic carbocycles. The molecule has 6 heteroatoms. The normalized spacial score (nSPS) is 10.6. The van der Waals surface area contributed by atoms with Crippen molar-refractivity contribution in [2.45, 2.75) is 27.3 Å². The van der Waals surface area contributed by atoms with Gasteiger partial charge in [0.15, 0.2) is 0 Å². The standard InChI is InChI=1S/C22H25N3O3/c1-5-28-20-14-25(13-17-9-7-6-8-10-17)22(24-21(20)26)23-18-11-15(2)12-19(27-4)16(18)3/h6-12,14H,5,13H2,1-4H3,(H,23,24,26). The van der Waals surface area contributed by atoms with Gasteiger partial charge in [0.1, 0.15) is 5.75 Å². The van der Waals surface area contributed by atoms with Crippen LogP contribution in [-0.4, -0.2) is 23.3 Å². The first-order valence-corrected chi connectivity index (χ1v) is 9.22. The molecule has 0 saturated heterocycles. The van der Waals surface area contributed by atoms with E-state index in [0.717, 1.165) is 28.1 Å². The summed E-state index contributed by atoms with van der Waals surface area (Å²) in [4.78, 5) is 16.6. The fraction of sp³-hybridized carbons (Fsp3) is 0.273. The Balaban J connectivity index is 2.05. The molecule has 0 aliphatic rings. The molecule has 0 spiro atoms. The summed E-state index contributed by atoms with van der Waals surface area (Å²) in [5, 5.41) is 3.30. The van der Waals surface area contributed by atoms with Crippen molar-refractivity contribution in [2.75, 3.05) is 19.0 Å². The van der Waals surface area contributed by atoms with Gasteiger partial charge in [0.25, 0.3) is 0 Å². The molecule has 1 N–H and O–H groups in total. The molecule has 1 aromatic heterocycles. The van der Waals surface area contributed by atoms with Crippen LogP contribution in [0.4, 0.5) is 11.6 Å². The van der Waals surface area contributed by atoms with Crippen molar-refractivity contribution in [3.8, 4) is 11.5 Å². The molecule has 0 aliphatic heterocycles. The van der Waals surface area contributed by atoms with Gasteiger partial charge in [-0.3, -0.25) is 4.79 Å². The van der Waals surface area contributed by atoms with E-state index in [9.17, 15) is 4.79 Å². The minimum absolute atomic E-state index is 0.238. The predicted molar refractivity (Wildman–Crippen MR) is 111 cm³/mol. The first-order valence-electron chi connectivity index (χ1n) is 9.22. The molecule has 28 heavy (non-hydrogen) atoms. The van der Waals surface area contributed by atoms with Crippen molar-refractivity contribution in [3.05, 3.63) is 75.7 Å². The van der Waals surface area contributed by atoms with Crippen LogP contribution < -0.4 is 20.3 Å². The van der Waals surface area contributed by atoms with E-state index in [4.69, 9.17) is 9.47 Å². The van der Waals surface area contributed by atoms with E-state index < -0.39 is 5.56 Å². The largest absolute Gasteiger partial charge is 0.496 e. The molecule has 3 rings (SSSR count). The van der Waals surface area contributed by atoms with E-state index in [2.05, 4.69) is 10.3 Å². The van der Waals surface area contributed by atoms with Crippen molar-refractivity contribution in [1.82, 2.24) is 9.55 Å². The topological polar surface area (TPSA) is 65.4 Å². The molecule has 2 aromatic carbocycles. The third kappa shape index (κ3) is 4.34. The Bertz CT molecular complexity index is 1010. The minimum atomic E-state index is -0.397. The average Bonchev–Trinajstić information content (AvgIpc) is 2.68. The lowest BCUT2D eigenvalue weighted by Crippen LogP contribution is -2.19. The smallest absolute Gasteiger partial charge is 0.316 e. The van der Waals surface area contributed by atoms with E-state index in [-0.39, 0.29) is 5.75 Å². The molecule has 0 saturated carbocycles. The maximum absolute atomic E-state index is 12.4. The van der Waals surface area contributed by atoms with E-state index >= 15 is 0 Å². The highest BCUT2D eigenvalue weighted by molar-refractivity contribution is 5.64. The zero-order valence-corrected chi connectivity index (χ0v) is 16.7. The van der Waals surface area contributed by atoms with Crippen LogP contribution in [0.1, 0.15) is 23.6 Å². The quantitative estimate of drug-likeness (QED) is 0.671. The molecular weight excluding hydrogens is 354 g/mol. The number of hydrogen-bond acceptors (Lipinski definition) is 5. The molecule has 6 nitrogen and oxygen atoms in total. The molecule has 0 fully saturated rings. The summed E-state index contributed by atoms with van der Waals surface area (Å²) in [6, 6.07) is 14.0. The number of methoxy groups -OCH3 is 1. The zero-order valence-electron chi connectivity index (χ0n) is 16.7. The van der Waals surface area contributed by atoms with E-state index in [1.165, 1.54) is 0 Å². The van der Waals surface area contributed by atoms with Crippen LogP contribution in [0.2, 0.25) is 0 Å². The number of aryl methyl sites for hydroxylation is 1. The summed E-state index contributed by atoms with van der Waals surface area (Å²) in [7, 11) is 1.64. The molecule has 146 valence electrons. The Morgan fingerprint density at radius 1 is 1.11 bits per heavy atom. The number of ether oxygens (including phenoxy) is 2. The maximum Gasteiger partial charge on any atom is 0.316 e. The van der Waals surface area contributed by atoms with E-state index in [1.54, 1.807) is 13.3 Å². The molecular formula is C22H25N3O3. The highest BCUT2D eigenvalue weighted by Crippen LogP contribution is 2.29. The van der Waals surface area contributed by atoms with Crippen molar-refractivity contribution < 1.29 is 9.47 Å². The van der Waals surface area contributed by atoms with Gasteiger partial charge in [-0.1, -0.05) is 30.3 Å². The van der Waals surface area contributed by atoms with Gasteiger partial charge in [0, 0.05) is 11.3 Å². The van der Waals surface area contributed by atoms with Crippen LogP contribution in [0.5, 0.6) is 11.5 Å². The summed E-state index contributed by atoms with van der Waals surface area (Å²) < 4.78 is 12.8. The Kier molecular flexibility index (Phi) is 5.99. The number of hydrogen-bond donors (Lipinski definition) is 1. The van der Waals surface area contributed by atoms with Crippen LogP contribution in [0.15, 0.2) is 53.5 Å². The third-order valence-corrected chi connectivity index (χ3v) is 4.43. The van der Waals surface area contributed by atoms with Crippen LogP contribution >= 0.6 is 0 Å². The lowest BCUT2D eigenvalue weighted by Gasteiger charge is -2.18. The molecule has 0 atom stereocenters. The molecule has 0 unspecified atom stereocenters. The van der Waals surface area contributed by atoms with Crippen molar-refractivity contribution >= 4 is 11.6 Å². The Hall–Kier alpha value is -3.28. The number of nitrogens with one attached hydrogen (secondary N) is 1. The first kappa shape index (κ1) is 19.5. The zero-order chi connectivity index (χ0) is 20.1. The minimum Gasteiger partial charge on any atom is -0.496 e. The monoisotopic (exact) mass is 379 g/mol. The van der Waals surface area contributed by atoms with Crippen molar-refractivity contribution in [1.29, 1.82) is 0 Å². The molecule has 0 radical (unpaired) electrons. The van der Waals surface area contributed by atoms with Crippen LogP contribution in [0.3, 0.4) is 0 Å². The first-order chi connectivity index (χ1) is 13.5. The van der Waals surface area contributed by atoms with Gasteiger partial charge in [-0.2, -0.15) is 4.98 Å². The van der Waals surface area contributed by atoms with Gasteiger partial charge >= 0.3 is 5.56 Å². The summed E-state index contributed by atoms with van der Waals surface area (Å²) in [6.45, 7) is 6.77. The highest BCUT2D eigenvalue weighted by Gasteiger charge is 2.13. The van der Waals surface area contributed by atoms with E-state index in [0.29, 0.717) is 19.1 Å². The van der Waals surface area contributed by atoms with Gasteiger partial charge in [0.2, 0.25) is 11.7 Å². The van der Waals surface area contributed by atoms with Gasteiger partial charge < -0.3 is 19.4 Å². The second-order valence-corrected chi connectivity index (χ2v) is 6.55. The number of nitrogens with zero attached hydrogens (tertiary/aromatic N) is 2. The predicted octanol–water partition coefficient (Wildman–Crippen LogP) is 4.06. The highest BCUT2D eigenvalue weighted by atomic mass is 16.5. The fourth-order valence-corrected chi connectivity index (χ4v) is 3.02. The van der Waals surface area contributed by atoms with Gasteiger partial charge in [-0.25, -0.2) is 0 Å². The molecule has 3 aromatic rings. The molecule has 1 heterocycles. The van der Waals surface area contributed by atoms with Crippen molar-refractivity contribution in [2.24, 2.45) is 0 Å². The third-order valence-electron chi connectivity index (χ3n) is 4.43. The second kappa shape index (κ2) is 8.61. The number of benzene rings is 2. The van der Waals surface area contributed by atoms with Gasteiger partial charge in [-0.05, 0) is 44.0 Å². The Morgan fingerprint density at radius 3 is 2.54 bits per heavy atom. The molecule has 0 amide bonds. The van der Waals surface area contributed by atoms with Crippen LogP contribution in [0.25, 0.3) is 0 Å². The lowest BCUT2D eigenvalue weighted by molar-refractivity contribution is 0.331. The van der Waals surface area contributed by atoms with Crippen LogP contribution in [-0.2, 0) is 6.54 Å². The number of aromatic nitrogens is 2. The Morgan fingerprint density at radius 2 is 1.86 bits per heavy atom. The second-order valence-electron chi connectivity index (χ2n) is 6.55. The number of anilines is 2. The number of rotatable bonds is 7. The summed E-state index contributed by atoms with van der Waals surface area (Å²) in [6.07, 6.45) is 1.70. The van der Waals surface area contributed by atoms with Gasteiger partial charge in [-0.15, -0.1) is 0 Å². The lowest BCUT2D eigenvalue weighted by atomic mass is 10.1. The summed E-state index contributed by atoms with van der Waals surface area (Å²) >= 11 is 0. The molecule has 0 bridgehead atoms. The average molecular weight is 379 g/mol. The van der Waals surface area contributed by atoms with Crippen molar-refractivity contribution in [3.63, 3.8) is 0 Å². The Labute approximate surface area is 164 Å². The van der Waals surface area contributed by atoms with Crippen LogP contribution in [0, 0.1) is 13.8 Å². The fourth-order valence-electron chi connectivity index (χ4n) is 3.02. The SMILES string of the molecule is CCOc1cn(Cc2ccccc2)c(Nc2cc(C)cc(OC)c2C)nc1=O. The van der Waals surface area contributed by atoms with E-state index in [1.807, 2.05) is 67.8 Å². The summed E-state index contributed by atoms with van der Waals surface area (Å²) in [5.41, 5.74) is 3.54. The maximum atomic E-state index is 12.4. The summed E-state index contributed by atoms with van der Waals surface area (Å²) in [5.74, 6) is 1.47.